The maximum absolute atomic E-state index is 11.7. The Labute approximate surface area is 140 Å². The lowest BCUT2D eigenvalue weighted by Crippen LogP contribution is -2.48. The summed E-state index contributed by atoms with van der Waals surface area (Å²) in [6.45, 7) is 4.09. The molecule has 0 atom stereocenters. The Balaban J connectivity index is 2.32. The number of carbonyl (C=O) groups excluding carboxylic acids is 1. The van der Waals surface area contributed by atoms with Crippen molar-refractivity contribution < 1.29 is 14.6 Å². The molecule has 0 bridgehead atoms. The van der Waals surface area contributed by atoms with Crippen LogP contribution in [0.15, 0.2) is 36.4 Å². The van der Waals surface area contributed by atoms with Gasteiger partial charge >= 0.3 is 6.03 Å². The molecule has 2 aromatic rings. The van der Waals surface area contributed by atoms with Crippen molar-refractivity contribution in [1.82, 2.24) is 5.43 Å². The highest BCUT2D eigenvalue weighted by atomic mass is 16.5. The van der Waals surface area contributed by atoms with E-state index in [2.05, 4.69) is 0 Å². The first-order chi connectivity index (χ1) is 11.5. The van der Waals surface area contributed by atoms with Crippen LogP contribution in [-0.2, 0) is 13.0 Å². The summed E-state index contributed by atoms with van der Waals surface area (Å²) in [5.41, 5.74) is 5.17. The van der Waals surface area contributed by atoms with Gasteiger partial charge < -0.3 is 9.84 Å². The van der Waals surface area contributed by atoms with Gasteiger partial charge in [-0.05, 0) is 48.7 Å². The van der Waals surface area contributed by atoms with Crippen LogP contribution in [0, 0.1) is 6.92 Å². The van der Waals surface area contributed by atoms with E-state index < -0.39 is 6.03 Å². The number of anilines is 1. The predicted molar refractivity (Wildman–Crippen MR) is 92.4 cm³/mol. The second-order valence-corrected chi connectivity index (χ2v) is 5.33. The van der Waals surface area contributed by atoms with Crippen LogP contribution in [0.2, 0.25) is 0 Å². The van der Waals surface area contributed by atoms with E-state index in [0.29, 0.717) is 11.4 Å². The van der Waals surface area contributed by atoms with Gasteiger partial charge in [0.15, 0.2) is 0 Å². The molecule has 0 aliphatic rings. The Kier molecular flexibility index (Phi) is 5.62. The molecule has 0 aromatic heterocycles. The molecule has 2 aromatic carbocycles. The highest BCUT2D eigenvalue weighted by molar-refractivity contribution is 5.91. The van der Waals surface area contributed by atoms with Crippen molar-refractivity contribution in [2.45, 2.75) is 26.9 Å². The lowest BCUT2D eigenvalue weighted by atomic mass is 10.0. The van der Waals surface area contributed by atoms with Crippen LogP contribution in [0.1, 0.15) is 23.6 Å². The number of nitrogens with zero attached hydrogens (tertiary/aromatic N) is 1. The van der Waals surface area contributed by atoms with Crippen LogP contribution in [-0.4, -0.2) is 11.1 Å². The number of nitrogens with two attached hydrogens (primary N) is 2. The second kappa shape index (κ2) is 7.67. The first-order valence-corrected chi connectivity index (χ1v) is 7.56. The zero-order valence-corrected chi connectivity index (χ0v) is 13.7. The van der Waals surface area contributed by atoms with E-state index in [-0.39, 0.29) is 12.4 Å². The summed E-state index contributed by atoms with van der Waals surface area (Å²) in [7, 11) is 0. The number of ether oxygens (including phenoxy) is 1. The maximum atomic E-state index is 11.7. The molecule has 0 heterocycles. The summed E-state index contributed by atoms with van der Waals surface area (Å²) < 4.78 is 5.87. The summed E-state index contributed by atoms with van der Waals surface area (Å²) in [6.07, 6.45) is 0.763. The van der Waals surface area contributed by atoms with Crippen LogP contribution < -0.4 is 26.9 Å². The monoisotopic (exact) mass is 330 g/mol. The minimum atomic E-state index is -0.620. The molecule has 7 heteroatoms. The number of aryl methyl sites for hydroxylation is 2. The third-order valence-electron chi connectivity index (χ3n) is 3.76. The van der Waals surface area contributed by atoms with Gasteiger partial charge in [0.25, 0.3) is 0 Å². The van der Waals surface area contributed by atoms with Crippen molar-refractivity contribution >= 4 is 11.7 Å². The fraction of sp³-hybridized carbons (Fsp3) is 0.235. The van der Waals surface area contributed by atoms with Crippen molar-refractivity contribution in [3.8, 4) is 11.5 Å². The lowest BCUT2D eigenvalue weighted by Gasteiger charge is -2.22. The van der Waals surface area contributed by atoms with Gasteiger partial charge in [0.1, 0.15) is 18.1 Å². The molecule has 24 heavy (non-hydrogen) atoms. The minimum Gasteiger partial charge on any atom is -0.508 e. The number of benzene rings is 2. The average Bonchev–Trinajstić information content (AvgIpc) is 2.59. The Bertz CT molecular complexity index is 734. The number of hydrogen-bond acceptors (Lipinski definition) is 5. The van der Waals surface area contributed by atoms with E-state index in [9.17, 15) is 9.90 Å². The second-order valence-electron chi connectivity index (χ2n) is 5.33. The number of urea groups is 1. The highest BCUT2D eigenvalue weighted by Crippen LogP contribution is 2.27. The lowest BCUT2D eigenvalue weighted by molar-refractivity contribution is 0.246. The van der Waals surface area contributed by atoms with Crippen molar-refractivity contribution in [3.63, 3.8) is 0 Å². The van der Waals surface area contributed by atoms with Crippen LogP contribution >= 0.6 is 0 Å². The summed E-state index contributed by atoms with van der Waals surface area (Å²) in [5.74, 6) is 11.8. The van der Waals surface area contributed by atoms with Gasteiger partial charge in [-0.25, -0.2) is 21.5 Å². The summed E-state index contributed by atoms with van der Waals surface area (Å²) in [4.78, 5) is 11.7. The number of hydrazine groups is 2. The van der Waals surface area contributed by atoms with E-state index in [1.54, 1.807) is 24.3 Å². The average molecular weight is 330 g/mol. The molecule has 0 fully saturated rings. The molecule has 0 radical (unpaired) electrons. The van der Waals surface area contributed by atoms with Crippen molar-refractivity contribution in [3.05, 3.63) is 53.1 Å². The van der Waals surface area contributed by atoms with E-state index in [4.69, 9.17) is 16.4 Å². The molecule has 7 nitrogen and oxygen atoms in total. The molecule has 0 aliphatic heterocycles. The van der Waals surface area contributed by atoms with Crippen molar-refractivity contribution in [1.29, 1.82) is 0 Å². The molecule has 2 rings (SSSR count). The first kappa shape index (κ1) is 17.6. The van der Waals surface area contributed by atoms with Gasteiger partial charge in [-0.3, -0.25) is 5.43 Å². The fourth-order valence-corrected chi connectivity index (χ4v) is 2.47. The molecular formula is C17H22N4O3. The van der Waals surface area contributed by atoms with E-state index >= 15 is 0 Å². The third kappa shape index (κ3) is 3.76. The molecule has 0 aliphatic carbocycles. The van der Waals surface area contributed by atoms with Crippen LogP contribution in [0.25, 0.3) is 0 Å². The van der Waals surface area contributed by atoms with E-state index in [0.717, 1.165) is 28.1 Å². The number of carbonyl (C=O) groups is 1. The molecule has 0 spiro atoms. The predicted octanol–water partition coefficient (Wildman–Crippen LogP) is 2.11. The molecule has 0 saturated carbocycles. The molecule has 128 valence electrons. The number of aromatic hydroxyl groups is 1. The minimum absolute atomic E-state index is 0.183. The number of rotatable bonds is 5. The summed E-state index contributed by atoms with van der Waals surface area (Å²) in [5, 5.41) is 10.4. The third-order valence-corrected chi connectivity index (χ3v) is 3.76. The molecule has 0 unspecified atom stereocenters. The fourth-order valence-electron chi connectivity index (χ4n) is 2.47. The Morgan fingerprint density at radius 2 is 2.08 bits per heavy atom. The summed E-state index contributed by atoms with van der Waals surface area (Å²) in [6, 6.07) is 9.78. The number of phenols is 1. The summed E-state index contributed by atoms with van der Waals surface area (Å²) >= 11 is 0. The van der Waals surface area contributed by atoms with E-state index in [1.165, 1.54) is 0 Å². The van der Waals surface area contributed by atoms with Gasteiger partial charge in [-0.15, -0.1) is 0 Å². The Morgan fingerprint density at radius 3 is 2.71 bits per heavy atom. The van der Waals surface area contributed by atoms with Gasteiger partial charge in [0, 0.05) is 5.56 Å². The van der Waals surface area contributed by atoms with E-state index in [1.807, 2.05) is 31.4 Å². The topological polar surface area (TPSA) is 114 Å². The van der Waals surface area contributed by atoms with Crippen molar-refractivity contribution in [2.75, 3.05) is 5.01 Å². The zero-order chi connectivity index (χ0) is 17.7. The smallest absolute Gasteiger partial charge is 0.350 e. The molecule has 0 saturated heterocycles. The normalized spacial score (nSPS) is 10.3. The SMILES string of the molecule is CCc1cccc(N(N)C(=O)NN)c1COc1ccc(O)cc1C. The van der Waals surface area contributed by atoms with Gasteiger partial charge in [-0.2, -0.15) is 0 Å². The van der Waals surface area contributed by atoms with Gasteiger partial charge in [0.05, 0.1) is 5.69 Å². The Hall–Kier alpha value is -2.77. The molecule has 6 N–H and O–H groups in total. The standard InChI is InChI=1S/C17H22N4O3/c1-3-12-5-4-6-15(21(19)17(23)20-18)14(12)10-24-16-8-7-13(22)9-11(16)2/h4-9,22H,3,10,18-19H2,1-2H3,(H,20,23). The first-order valence-electron chi connectivity index (χ1n) is 7.56. The quantitative estimate of drug-likeness (QED) is 0.381. The van der Waals surface area contributed by atoms with Gasteiger partial charge in [0.2, 0.25) is 0 Å². The number of phenolic OH excluding ortho intramolecular Hbond substituents is 1. The molecule has 2 amide bonds. The maximum Gasteiger partial charge on any atom is 0.350 e. The Morgan fingerprint density at radius 1 is 1.33 bits per heavy atom. The number of hydrogen-bond donors (Lipinski definition) is 4. The largest absolute Gasteiger partial charge is 0.508 e. The van der Waals surface area contributed by atoms with Crippen LogP contribution in [0.3, 0.4) is 0 Å². The van der Waals surface area contributed by atoms with Gasteiger partial charge in [-0.1, -0.05) is 19.1 Å². The van der Waals surface area contributed by atoms with Crippen molar-refractivity contribution in [2.24, 2.45) is 11.7 Å². The molecular weight excluding hydrogens is 308 g/mol. The van der Waals surface area contributed by atoms with Crippen LogP contribution in [0.5, 0.6) is 11.5 Å². The number of amides is 2. The highest BCUT2D eigenvalue weighted by Gasteiger charge is 2.17. The number of nitrogens with one attached hydrogen (secondary N) is 1. The zero-order valence-electron chi connectivity index (χ0n) is 13.7. The van der Waals surface area contributed by atoms with Crippen LogP contribution in [0.4, 0.5) is 10.5 Å².